The molecular formula is C17H14Br2N4O2. The summed E-state index contributed by atoms with van der Waals surface area (Å²) in [5, 5.41) is 13.6. The van der Waals surface area contributed by atoms with E-state index in [0.29, 0.717) is 8.95 Å². The first-order chi connectivity index (χ1) is 12.0. The van der Waals surface area contributed by atoms with Gasteiger partial charge in [0.05, 0.1) is 26.2 Å². The summed E-state index contributed by atoms with van der Waals surface area (Å²) in [6.07, 6.45) is 1.51. The van der Waals surface area contributed by atoms with E-state index in [1.165, 1.54) is 6.21 Å². The van der Waals surface area contributed by atoms with Gasteiger partial charge in [-0.2, -0.15) is 5.10 Å². The molecule has 6 nitrogen and oxygen atoms in total. The number of phenols is 1. The number of imidazole rings is 1. The number of nitrogens with one attached hydrogen (secondary N) is 1. The Morgan fingerprint density at radius 1 is 1.32 bits per heavy atom. The third kappa shape index (κ3) is 3.91. The van der Waals surface area contributed by atoms with E-state index >= 15 is 0 Å². The summed E-state index contributed by atoms with van der Waals surface area (Å²) < 4.78 is 2.92. The van der Waals surface area contributed by atoms with E-state index in [4.69, 9.17) is 0 Å². The Bertz CT molecular complexity index is 959. The van der Waals surface area contributed by atoms with Crippen LogP contribution in [0.2, 0.25) is 0 Å². The topological polar surface area (TPSA) is 79.5 Å². The van der Waals surface area contributed by atoms with E-state index < -0.39 is 0 Å². The van der Waals surface area contributed by atoms with Crippen LogP contribution in [0.1, 0.15) is 11.4 Å². The Morgan fingerprint density at radius 3 is 2.72 bits per heavy atom. The molecule has 1 heterocycles. The van der Waals surface area contributed by atoms with Gasteiger partial charge in [0, 0.05) is 0 Å². The van der Waals surface area contributed by atoms with E-state index in [9.17, 15) is 9.90 Å². The van der Waals surface area contributed by atoms with Crippen molar-refractivity contribution in [2.75, 3.05) is 0 Å². The molecule has 128 valence electrons. The van der Waals surface area contributed by atoms with E-state index in [0.717, 1.165) is 22.4 Å². The number of aromatic nitrogens is 2. The lowest BCUT2D eigenvalue weighted by molar-refractivity contribution is -0.121. The summed E-state index contributed by atoms with van der Waals surface area (Å²) in [6.45, 7) is 1.99. The first-order valence-electron chi connectivity index (χ1n) is 7.37. The van der Waals surface area contributed by atoms with Crippen LogP contribution in [0.4, 0.5) is 0 Å². The number of halogens is 2. The number of phenolic OH excluding ortho intramolecular Hbond substituents is 1. The Balaban J connectivity index is 1.69. The number of hydrogen-bond donors (Lipinski definition) is 2. The van der Waals surface area contributed by atoms with Crippen LogP contribution < -0.4 is 5.43 Å². The molecule has 2 aromatic carbocycles. The standard InChI is InChI=1S/C17H14Br2N4O2/c1-10-21-14-4-2-3-5-15(14)23(10)9-16(24)22-20-8-11-6-12(18)17(25)13(19)7-11/h2-8,25H,9H2,1H3,(H,22,24)/b20-8-. The molecule has 8 heteroatoms. The van der Waals surface area contributed by atoms with E-state index in [1.54, 1.807) is 12.1 Å². The van der Waals surface area contributed by atoms with Gasteiger partial charge in [0.15, 0.2) is 0 Å². The van der Waals surface area contributed by atoms with Gasteiger partial charge in [0.25, 0.3) is 5.91 Å². The monoisotopic (exact) mass is 464 g/mol. The number of benzene rings is 2. The Hall–Kier alpha value is -2.19. The van der Waals surface area contributed by atoms with Crippen LogP contribution in [0.15, 0.2) is 50.4 Å². The van der Waals surface area contributed by atoms with Crippen LogP contribution in [0, 0.1) is 6.92 Å². The highest BCUT2D eigenvalue weighted by Gasteiger charge is 2.10. The number of para-hydroxylation sites is 2. The molecule has 0 aliphatic carbocycles. The summed E-state index contributed by atoms with van der Waals surface area (Å²) in [7, 11) is 0. The molecule has 2 N–H and O–H groups in total. The number of aryl methyl sites for hydroxylation is 1. The van der Waals surface area contributed by atoms with Crippen molar-refractivity contribution in [2.45, 2.75) is 13.5 Å². The van der Waals surface area contributed by atoms with Gasteiger partial charge >= 0.3 is 0 Å². The number of carbonyl (C=O) groups is 1. The van der Waals surface area contributed by atoms with Crippen molar-refractivity contribution < 1.29 is 9.90 Å². The molecule has 0 atom stereocenters. The minimum absolute atomic E-state index is 0.114. The maximum Gasteiger partial charge on any atom is 0.260 e. The number of nitrogens with zero attached hydrogens (tertiary/aromatic N) is 3. The van der Waals surface area contributed by atoms with E-state index in [2.05, 4.69) is 47.4 Å². The highest BCUT2D eigenvalue weighted by Crippen LogP contribution is 2.32. The first-order valence-corrected chi connectivity index (χ1v) is 8.96. The fraction of sp³-hybridized carbons (Fsp3) is 0.118. The Kier molecular flexibility index (Phi) is 5.19. The number of rotatable bonds is 4. The Morgan fingerprint density at radius 2 is 2.00 bits per heavy atom. The number of fused-ring (bicyclic) bond motifs is 1. The second-order valence-electron chi connectivity index (χ2n) is 5.36. The third-order valence-corrected chi connectivity index (χ3v) is 4.80. The van der Waals surface area contributed by atoms with Crippen molar-refractivity contribution >= 4 is 55.0 Å². The van der Waals surface area contributed by atoms with Gasteiger partial charge in [-0.25, -0.2) is 10.4 Å². The summed E-state index contributed by atoms with van der Waals surface area (Å²) >= 11 is 6.50. The van der Waals surface area contributed by atoms with Crippen LogP contribution in [0.5, 0.6) is 5.75 Å². The maximum absolute atomic E-state index is 12.2. The van der Waals surface area contributed by atoms with E-state index in [1.807, 2.05) is 35.8 Å². The fourth-order valence-corrected chi connectivity index (χ4v) is 3.63. The van der Waals surface area contributed by atoms with Gasteiger partial charge in [0.2, 0.25) is 0 Å². The maximum atomic E-state index is 12.2. The molecule has 0 fully saturated rings. The summed E-state index contributed by atoms with van der Waals surface area (Å²) in [5.74, 6) is 0.634. The van der Waals surface area contributed by atoms with Crippen LogP contribution in [-0.2, 0) is 11.3 Å². The van der Waals surface area contributed by atoms with Gasteiger partial charge in [-0.15, -0.1) is 0 Å². The average molecular weight is 466 g/mol. The molecule has 1 aromatic heterocycles. The zero-order valence-electron chi connectivity index (χ0n) is 13.2. The number of hydrazone groups is 1. The first kappa shape index (κ1) is 17.6. The molecule has 1 amide bonds. The Labute approximate surface area is 160 Å². The van der Waals surface area contributed by atoms with Crippen LogP contribution in [0.25, 0.3) is 11.0 Å². The molecule has 0 saturated heterocycles. The van der Waals surface area contributed by atoms with Crippen LogP contribution >= 0.6 is 31.9 Å². The predicted molar refractivity (Wildman–Crippen MR) is 104 cm³/mol. The van der Waals surface area contributed by atoms with E-state index in [-0.39, 0.29) is 18.2 Å². The molecule has 0 radical (unpaired) electrons. The van der Waals surface area contributed by atoms with Crippen molar-refractivity contribution in [3.8, 4) is 5.75 Å². The summed E-state index contributed by atoms with van der Waals surface area (Å²) in [4.78, 5) is 16.6. The molecular weight excluding hydrogens is 452 g/mol. The molecule has 3 rings (SSSR count). The second kappa shape index (κ2) is 7.37. The minimum atomic E-state index is -0.251. The van der Waals surface area contributed by atoms with Gasteiger partial charge in [0.1, 0.15) is 18.1 Å². The summed E-state index contributed by atoms with van der Waals surface area (Å²) in [6, 6.07) is 11.1. The second-order valence-corrected chi connectivity index (χ2v) is 7.07. The highest BCUT2D eigenvalue weighted by atomic mass is 79.9. The minimum Gasteiger partial charge on any atom is -0.506 e. The predicted octanol–water partition coefficient (Wildman–Crippen LogP) is 3.73. The molecule has 0 aliphatic heterocycles. The zero-order chi connectivity index (χ0) is 18.0. The third-order valence-electron chi connectivity index (χ3n) is 3.59. The van der Waals surface area contributed by atoms with Crippen molar-refractivity contribution in [1.82, 2.24) is 15.0 Å². The van der Waals surface area contributed by atoms with Crippen molar-refractivity contribution in [1.29, 1.82) is 0 Å². The van der Waals surface area contributed by atoms with Gasteiger partial charge < -0.3 is 9.67 Å². The molecule has 3 aromatic rings. The van der Waals surface area contributed by atoms with Crippen LogP contribution in [0.3, 0.4) is 0 Å². The van der Waals surface area contributed by atoms with Gasteiger partial charge in [-0.3, -0.25) is 4.79 Å². The quantitative estimate of drug-likeness (QED) is 0.455. The summed E-state index contributed by atoms with van der Waals surface area (Å²) in [5.41, 5.74) is 4.99. The lowest BCUT2D eigenvalue weighted by atomic mass is 10.2. The van der Waals surface area contributed by atoms with Gasteiger partial charge in [-0.05, 0) is 68.6 Å². The molecule has 0 aliphatic rings. The normalized spacial score (nSPS) is 11.3. The molecule has 0 spiro atoms. The molecule has 0 bridgehead atoms. The average Bonchev–Trinajstić information content (AvgIpc) is 2.88. The largest absolute Gasteiger partial charge is 0.506 e. The molecule has 0 saturated carbocycles. The van der Waals surface area contributed by atoms with Crippen molar-refractivity contribution in [3.63, 3.8) is 0 Å². The van der Waals surface area contributed by atoms with Gasteiger partial charge in [-0.1, -0.05) is 12.1 Å². The number of carbonyl (C=O) groups excluding carboxylic acids is 1. The number of aromatic hydroxyl groups is 1. The smallest absolute Gasteiger partial charge is 0.260 e. The number of hydrogen-bond acceptors (Lipinski definition) is 4. The lowest BCUT2D eigenvalue weighted by Gasteiger charge is -2.05. The highest BCUT2D eigenvalue weighted by molar-refractivity contribution is 9.11. The molecule has 0 unspecified atom stereocenters. The number of amides is 1. The lowest BCUT2D eigenvalue weighted by Crippen LogP contribution is -2.23. The SMILES string of the molecule is Cc1nc2ccccc2n1CC(=O)N/N=C\c1cc(Br)c(O)c(Br)c1. The fourth-order valence-electron chi connectivity index (χ4n) is 2.41. The van der Waals surface area contributed by atoms with Crippen LogP contribution in [-0.4, -0.2) is 26.8 Å². The van der Waals surface area contributed by atoms with Crippen molar-refractivity contribution in [2.24, 2.45) is 5.10 Å². The van der Waals surface area contributed by atoms with Crippen molar-refractivity contribution in [3.05, 3.63) is 56.7 Å². The zero-order valence-corrected chi connectivity index (χ0v) is 16.4. The molecule has 25 heavy (non-hydrogen) atoms.